The number of nitrogens with one attached hydrogen (secondary N) is 1. The van der Waals surface area contributed by atoms with Crippen LogP contribution in [-0.4, -0.2) is 34.3 Å². The van der Waals surface area contributed by atoms with E-state index >= 15 is 0 Å². The average molecular weight is 353 g/mol. The first-order valence-corrected chi connectivity index (χ1v) is 8.68. The standard InChI is InChI=1S/C20H20FN3O2/c1-23(2)19(25)12-7-8-17-15(9-12)18-10-13(11-24(18)20(26)22-17)14-5-3-4-6-16(14)21/h3-6,10-12H,7-9H2,1-2H3,(H,22,26). The molecule has 0 saturated heterocycles. The lowest BCUT2D eigenvalue weighted by Gasteiger charge is -2.26. The molecule has 1 aliphatic rings. The molecule has 1 atom stereocenters. The molecular weight excluding hydrogens is 333 g/mol. The van der Waals surface area contributed by atoms with Gasteiger partial charge < -0.3 is 9.88 Å². The van der Waals surface area contributed by atoms with Crippen molar-refractivity contribution in [2.75, 3.05) is 14.1 Å². The van der Waals surface area contributed by atoms with Crippen LogP contribution in [-0.2, 0) is 17.6 Å². The number of H-pyrrole nitrogens is 1. The number of fused-ring (bicyclic) bond motifs is 3. The van der Waals surface area contributed by atoms with Gasteiger partial charge in [-0.05, 0) is 37.0 Å². The minimum Gasteiger partial charge on any atom is -0.349 e. The SMILES string of the molecule is CN(C)C(=O)C1CCc2[nH]c(=O)n3cc(-c4ccccc4F)cc3c2C1. The van der Waals surface area contributed by atoms with Crippen LogP contribution in [0.3, 0.4) is 0 Å². The Labute approximate surface area is 150 Å². The van der Waals surface area contributed by atoms with Gasteiger partial charge in [-0.1, -0.05) is 18.2 Å². The number of hydrogen-bond acceptors (Lipinski definition) is 2. The second-order valence-electron chi connectivity index (χ2n) is 7.02. The highest BCUT2D eigenvalue weighted by molar-refractivity contribution is 5.80. The van der Waals surface area contributed by atoms with E-state index in [-0.39, 0.29) is 23.3 Å². The third kappa shape index (κ3) is 2.62. The summed E-state index contributed by atoms with van der Waals surface area (Å²) < 4.78 is 15.7. The molecule has 4 rings (SSSR count). The Balaban J connectivity index is 1.85. The lowest BCUT2D eigenvalue weighted by atomic mass is 9.85. The third-order valence-corrected chi connectivity index (χ3v) is 5.14. The summed E-state index contributed by atoms with van der Waals surface area (Å²) in [5.41, 5.74) is 3.48. The fraction of sp³-hybridized carbons (Fsp3) is 0.300. The zero-order valence-electron chi connectivity index (χ0n) is 14.8. The molecule has 0 aliphatic heterocycles. The van der Waals surface area contributed by atoms with Crippen molar-refractivity contribution >= 4 is 11.4 Å². The first-order chi connectivity index (χ1) is 12.5. The van der Waals surface area contributed by atoms with Gasteiger partial charge >= 0.3 is 5.69 Å². The molecule has 0 radical (unpaired) electrons. The first kappa shape index (κ1) is 16.6. The number of rotatable bonds is 2. The Morgan fingerprint density at radius 2 is 2.08 bits per heavy atom. The van der Waals surface area contributed by atoms with Crippen LogP contribution in [0.2, 0.25) is 0 Å². The highest BCUT2D eigenvalue weighted by atomic mass is 19.1. The molecule has 1 aromatic carbocycles. The van der Waals surface area contributed by atoms with Gasteiger partial charge in [-0.2, -0.15) is 0 Å². The van der Waals surface area contributed by atoms with Crippen molar-refractivity contribution in [2.24, 2.45) is 5.92 Å². The molecule has 26 heavy (non-hydrogen) atoms. The van der Waals surface area contributed by atoms with Crippen LogP contribution in [0.15, 0.2) is 41.3 Å². The molecule has 2 heterocycles. The average Bonchev–Trinajstić information content (AvgIpc) is 3.07. The van der Waals surface area contributed by atoms with Gasteiger partial charge in [-0.15, -0.1) is 0 Å². The van der Waals surface area contributed by atoms with Crippen molar-refractivity contribution in [3.05, 3.63) is 64.1 Å². The number of carbonyl (C=O) groups excluding carboxylic acids is 1. The van der Waals surface area contributed by atoms with Crippen LogP contribution >= 0.6 is 0 Å². The van der Waals surface area contributed by atoms with E-state index in [9.17, 15) is 14.0 Å². The molecule has 134 valence electrons. The van der Waals surface area contributed by atoms with E-state index in [0.717, 1.165) is 23.2 Å². The zero-order valence-corrected chi connectivity index (χ0v) is 14.8. The molecule has 2 aromatic heterocycles. The topological polar surface area (TPSA) is 57.6 Å². The number of nitrogens with zero attached hydrogens (tertiary/aromatic N) is 2. The molecule has 0 saturated carbocycles. The highest BCUT2D eigenvalue weighted by Gasteiger charge is 2.28. The molecule has 1 amide bonds. The van der Waals surface area contributed by atoms with E-state index in [1.54, 1.807) is 43.4 Å². The summed E-state index contributed by atoms with van der Waals surface area (Å²) in [6.45, 7) is 0. The normalized spacial score (nSPS) is 16.5. The number of aromatic nitrogens is 2. The number of aryl methyl sites for hydroxylation is 1. The maximum Gasteiger partial charge on any atom is 0.330 e. The second kappa shape index (κ2) is 6.12. The second-order valence-corrected chi connectivity index (χ2v) is 7.02. The number of amides is 1. The molecule has 6 heteroatoms. The van der Waals surface area contributed by atoms with Gasteiger partial charge in [0, 0.05) is 43.0 Å². The van der Waals surface area contributed by atoms with E-state index in [4.69, 9.17) is 0 Å². The van der Waals surface area contributed by atoms with Crippen molar-refractivity contribution in [3.63, 3.8) is 0 Å². The van der Waals surface area contributed by atoms with Crippen molar-refractivity contribution in [1.29, 1.82) is 0 Å². The molecule has 0 bridgehead atoms. The van der Waals surface area contributed by atoms with Gasteiger partial charge in [-0.25, -0.2) is 9.18 Å². The molecule has 1 unspecified atom stereocenters. The lowest BCUT2D eigenvalue weighted by Crippen LogP contribution is -2.34. The summed E-state index contributed by atoms with van der Waals surface area (Å²) in [6.07, 6.45) is 3.61. The summed E-state index contributed by atoms with van der Waals surface area (Å²) in [5.74, 6) is -0.325. The summed E-state index contributed by atoms with van der Waals surface area (Å²) in [6, 6.07) is 8.36. The number of halogens is 1. The fourth-order valence-corrected chi connectivity index (χ4v) is 3.81. The number of aromatic amines is 1. The molecule has 3 aromatic rings. The van der Waals surface area contributed by atoms with Gasteiger partial charge in [0.15, 0.2) is 0 Å². The van der Waals surface area contributed by atoms with Gasteiger partial charge in [0.2, 0.25) is 5.91 Å². The quantitative estimate of drug-likeness (QED) is 0.770. The number of carbonyl (C=O) groups is 1. The predicted octanol–water partition coefficient (Wildman–Crippen LogP) is 2.63. The molecule has 5 nitrogen and oxygen atoms in total. The van der Waals surface area contributed by atoms with Gasteiger partial charge in [0.25, 0.3) is 0 Å². The monoisotopic (exact) mass is 353 g/mol. The zero-order chi connectivity index (χ0) is 18.4. The van der Waals surface area contributed by atoms with E-state index in [2.05, 4.69) is 4.98 Å². The van der Waals surface area contributed by atoms with Crippen LogP contribution in [0, 0.1) is 11.7 Å². The predicted molar refractivity (Wildman–Crippen MR) is 97.6 cm³/mol. The van der Waals surface area contributed by atoms with Crippen molar-refractivity contribution < 1.29 is 9.18 Å². The lowest BCUT2D eigenvalue weighted by molar-refractivity contribution is -0.133. The molecule has 1 N–H and O–H groups in total. The van der Waals surface area contributed by atoms with Crippen LogP contribution in [0.1, 0.15) is 17.7 Å². The van der Waals surface area contributed by atoms with Crippen molar-refractivity contribution in [2.45, 2.75) is 19.3 Å². The van der Waals surface area contributed by atoms with E-state index in [0.29, 0.717) is 24.0 Å². The molecule has 0 fully saturated rings. The smallest absolute Gasteiger partial charge is 0.330 e. The maximum absolute atomic E-state index is 14.2. The van der Waals surface area contributed by atoms with Gasteiger partial charge in [0.05, 0.1) is 5.52 Å². The number of benzene rings is 1. The Kier molecular flexibility index (Phi) is 3.90. The van der Waals surface area contributed by atoms with Gasteiger partial charge in [0.1, 0.15) is 5.82 Å². The Morgan fingerprint density at radius 1 is 1.31 bits per heavy atom. The van der Waals surface area contributed by atoms with Crippen molar-refractivity contribution in [3.8, 4) is 11.1 Å². The Bertz CT molecular complexity index is 1060. The largest absolute Gasteiger partial charge is 0.349 e. The number of hydrogen-bond donors (Lipinski definition) is 1. The van der Waals surface area contributed by atoms with Crippen LogP contribution in [0.25, 0.3) is 16.6 Å². The highest BCUT2D eigenvalue weighted by Crippen LogP contribution is 2.31. The van der Waals surface area contributed by atoms with Crippen LogP contribution in [0.5, 0.6) is 0 Å². The fourth-order valence-electron chi connectivity index (χ4n) is 3.81. The van der Waals surface area contributed by atoms with E-state index in [1.165, 1.54) is 10.5 Å². The van der Waals surface area contributed by atoms with Crippen LogP contribution in [0.4, 0.5) is 4.39 Å². The molecule has 0 spiro atoms. The van der Waals surface area contributed by atoms with E-state index < -0.39 is 0 Å². The Hall–Kier alpha value is -2.89. The maximum atomic E-state index is 14.2. The summed E-state index contributed by atoms with van der Waals surface area (Å²) in [4.78, 5) is 29.4. The molecule has 1 aliphatic carbocycles. The first-order valence-electron chi connectivity index (χ1n) is 8.68. The van der Waals surface area contributed by atoms with Gasteiger partial charge in [-0.3, -0.25) is 9.20 Å². The van der Waals surface area contributed by atoms with Crippen molar-refractivity contribution in [1.82, 2.24) is 14.3 Å². The minimum atomic E-state index is -0.325. The summed E-state index contributed by atoms with van der Waals surface area (Å²) in [7, 11) is 3.52. The Morgan fingerprint density at radius 3 is 2.81 bits per heavy atom. The third-order valence-electron chi connectivity index (χ3n) is 5.14. The summed E-state index contributed by atoms with van der Waals surface area (Å²) >= 11 is 0. The van der Waals surface area contributed by atoms with E-state index in [1.807, 2.05) is 6.07 Å². The van der Waals surface area contributed by atoms with Crippen LogP contribution < -0.4 is 5.69 Å². The summed E-state index contributed by atoms with van der Waals surface area (Å²) in [5, 5.41) is 0. The molecular formula is C20H20FN3O2. The minimum absolute atomic E-state index is 0.0980.